The van der Waals surface area contributed by atoms with Gasteiger partial charge in [-0.2, -0.15) is 5.26 Å². The maximum atomic E-state index is 14.6. The Kier molecular flexibility index (Phi) is 5.47. The van der Waals surface area contributed by atoms with E-state index in [-0.39, 0.29) is 30.5 Å². The van der Waals surface area contributed by atoms with Crippen molar-refractivity contribution in [1.29, 1.82) is 5.26 Å². The van der Waals surface area contributed by atoms with Crippen molar-refractivity contribution >= 4 is 11.6 Å². The predicted octanol–water partition coefficient (Wildman–Crippen LogP) is 3.14. The van der Waals surface area contributed by atoms with Crippen LogP contribution < -0.4 is 10.2 Å². The number of carbonyl (C=O) groups excluding carboxylic acids is 1. The molecular formula is C20H26FN3O2. The van der Waals surface area contributed by atoms with Gasteiger partial charge in [-0.25, -0.2) is 4.39 Å². The van der Waals surface area contributed by atoms with Crippen molar-refractivity contribution in [3.05, 3.63) is 29.6 Å². The summed E-state index contributed by atoms with van der Waals surface area (Å²) >= 11 is 0. The SMILES string of the molecule is CC1CN(c2ccc(CNC(=O)C3(C#N)CCCC3)cc2F)CC(C)O1. The molecule has 1 amide bonds. The maximum absolute atomic E-state index is 14.6. The first-order valence-electron chi connectivity index (χ1n) is 9.32. The molecule has 0 aromatic heterocycles. The molecule has 0 radical (unpaired) electrons. The number of ether oxygens (including phenoxy) is 1. The molecule has 0 spiro atoms. The monoisotopic (exact) mass is 359 g/mol. The lowest BCUT2D eigenvalue weighted by molar-refractivity contribution is -0.128. The van der Waals surface area contributed by atoms with Crippen LogP contribution in [-0.2, 0) is 16.1 Å². The van der Waals surface area contributed by atoms with E-state index in [0.717, 1.165) is 12.8 Å². The molecule has 1 aromatic rings. The van der Waals surface area contributed by atoms with Gasteiger partial charge in [0.2, 0.25) is 5.91 Å². The Morgan fingerprint density at radius 2 is 2.00 bits per heavy atom. The Morgan fingerprint density at radius 3 is 2.58 bits per heavy atom. The van der Waals surface area contributed by atoms with Crippen LogP contribution in [0.2, 0.25) is 0 Å². The highest BCUT2D eigenvalue weighted by atomic mass is 19.1. The molecule has 26 heavy (non-hydrogen) atoms. The minimum atomic E-state index is -0.904. The third-order valence-corrected chi connectivity index (χ3v) is 5.33. The first-order valence-corrected chi connectivity index (χ1v) is 9.32. The second-order valence-corrected chi connectivity index (χ2v) is 7.53. The van der Waals surface area contributed by atoms with Gasteiger partial charge in [-0.05, 0) is 44.4 Å². The van der Waals surface area contributed by atoms with Crippen LogP contribution >= 0.6 is 0 Å². The van der Waals surface area contributed by atoms with Gasteiger partial charge in [0.15, 0.2) is 0 Å². The van der Waals surface area contributed by atoms with Gasteiger partial charge in [-0.3, -0.25) is 4.79 Å². The molecule has 2 aliphatic rings. The molecule has 1 aliphatic heterocycles. The molecule has 6 heteroatoms. The van der Waals surface area contributed by atoms with E-state index in [4.69, 9.17) is 4.74 Å². The highest BCUT2D eigenvalue weighted by molar-refractivity contribution is 5.85. The van der Waals surface area contributed by atoms with Crippen molar-refractivity contribution in [2.24, 2.45) is 5.41 Å². The molecule has 1 aliphatic carbocycles. The van der Waals surface area contributed by atoms with E-state index in [9.17, 15) is 14.4 Å². The summed E-state index contributed by atoms with van der Waals surface area (Å²) in [6, 6.07) is 7.24. The first-order chi connectivity index (χ1) is 12.4. The smallest absolute Gasteiger partial charge is 0.240 e. The van der Waals surface area contributed by atoms with Gasteiger partial charge < -0.3 is 15.0 Å². The molecule has 140 valence electrons. The zero-order chi connectivity index (χ0) is 18.7. The van der Waals surface area contributed by atoms with Crippen molar-refractivity contribution in [2.75, 3.05) is 18.0 Å². The van der Waals surface area contributed by atoms with Crippen molar-refractivity contribution in [3.63, 3.8) is 0 Å². The predicted molar refractivity (Wildman–Crippen MR) is 97.0 cm³/mol. The van der Waals surface area contributed by atoms with Crippen molar-refractivity contribution in [2.45, 2.75) is 58.3 Å². The van der Waals surface area contributed by atoms with E-state index >= 15 is 0 Å². The van der Waals surface area contributed by atoms with Crippen molar-refractivity contribution in [1.82, 2.24) is 5.32 Å². The van der Waals surface area contributed by atoms with Crippen molar-refractivity contribution in [3.8, 4) is 6.07 Å². The number of hydrogen-bond acceptors (Lipinski definition) is 4. The molecule has 0 bridgehead atoms. The molecule has 1 heterocycles. The number of nitrogens with zero attached hydrogens (tertiary/aromatic N) is 2. The normalized spacial score (nSPS) is 24.9. The quantitative estimate of drug-likeness (QED) is 0.897. The Labute approximate surface area is 154 Å². The van der Waals surface area contributed by atoms with Crippen LogP contribution in [0.1, 0.15) is 45.1 Å². The number of nitrogens with one attached hydrogen (secondary N) is 1. The fourth-order valence-corrected chi connectivity index (χ4v) is 4.01. The first kappa shape index (κ1) is 18.7. The standard InChI is InChI=1S/C20H26FN3O2/c1-14-11-24(12-15(2)26-14)18-6-5-16(9-17(18)21)10-23-19(25)20(13-22)7-3-4-8-20/h5-6,9,14-15H,3-4,7-8,10-12H2,1-2H3,(H,23,25). The van der Waals surface area contributed by atoms with Crippen LogP contribution in [0.4, 0.5) is 10.1 Å². The summed E-state index contributed by atoms with van der Waals surface area (Å²) in [6.45, 7) is 5.51. The molecule has 3 rings (SSSR count). The Bertz CT molecular complexity index is 699. The number of carbonyl (C=O) groups is 1. The number of amides is 1. The van der Waals surface area contributed by atoms with E-state index in [1.54, 1.807) is 6.07 Å². The fraction of sp³-hybridized carbons (Fsp3) is 0.600. The summed E-state index contributed by atoms with van der Waals surface area (Å²) in [7, 11) is 0. The lowest BCUT2D eigenvalue weighted by atomic mass is 9.87. The van der Waals surface area contributed by atoms with Gasteiger partial charge in [-0.1, -0.05) is 18.9 Å². The van der Waals surface area contributed by atoms with E-state index in [2.05, 4.69) is 11.4 Å². The second kappa shape index (κ2) is 7.63. The summed E-state index contributed by atoms with van der Waals surface area (Å²) in [4.78, 5) is 14.4. The molecular weight excluding hydrogens is 333 g/mol. The van der Waals surface area contributed by atoms with Gasteiger partial charge in [-0.15, -0.1) is 0 Å². The van der Waals surface area contributed by atoms with E-state index in [0.29, 0.717) is 37.2 Å². The van der Waals surface area contributed by atoms with Crippen LogP contribution in [0, 0.1) is 22.6 Å². The van der Waals surface area contributed by atoms with Crippen LogP contribution in [0.15, 0.2) is 18.2 Å². The summed E-state index contributed by atoms with van der Waals surface area (Å²) < 4.78 is 20.3. The third-order valence-electron chi connectivity index (χ3n) is 5.33. The Balaban J connectivity index is 1.64. The van der Waals surface area contributed by atoms with E-state index in [1.807, 2.05) is 24.8 Å². The Hall–Kier alpha value is -2.13. The Morgan fingerprint density at radius 1 is 1.35 bits per heavy atom. The van der Waals surface area contributed by atoms with Gasteiger partial charge in [0, 0.05) is 19.6 Å². The average Bonchev–Trinajstić information content (AvgIpc) is 3.09. The summed E-state index contributed by atoms with van der Waals surface area (Å²) in [5.41, 5.74) is 0.352. The topological polar surface area (TPSA) is 65.4 Å². The summed E-state index contributed by atoms with van der Waals surface area (Å²) in [5.74, 6) is -0.535. The third kappa shape index (κ3) is 3.83. The largest absolute Gasteiger partial charge is 0.372 e. The maximum Gasteiger partial charge on any atom is 0.240 e. The number of hydrogen-bond donors (Lipinski definition) is 1. The van der Waals surface area contributed by atoms with Gasteiger partial charge in [0.1, 0.15) is 11.2 Å². The molecule has 2 unspecified atom stereocenters. The van der Waals surface area contributed by atoms with Crippen LogP contribution in [0.3, 0.4) is 0 Å². The summed E-state index contributed by atoms with van der Waals surface area (Å²) in [5, 5.41) is 12.2. The molecule has 1 saturated carbocycles. The fourth-order valence-electron chi connectivity index (χ4n) is 4.01. The number of rotatable bonds is 4. The van der Waals surface area contributed by atoms with Gasteiger partial charge in [0.25, 0.3) is 0 Å². The number of nitriles is 1. The number of benzene rings is 1. The molecule has 1 N–H and O–H groups in total. The number of morpholine rings is 1. The van der Waals surface area contributed by atoms with Crippen LogP contribution in [0.5, 0.6) is 0 Å². The molecule has 2 fully saturated rings. The molecule has 1 aromatic carbocycles. The highest BCUT2D eigenvalue weighted by Crippen LogP contribution is 2.37. The van der Waals surface area contributed by atoms with Crippen LogP contribution in [-0.4, -0.2) is 31.2 Å². The zero-order valence-corrected chi connectivity index (χ0v) is 15.4. The minimum Gasteiger partial charge on any atom is -0.372 e. The molecule has 5 nitrogen and oxygen atoms in total. The highest BCUT2D eigenvalue weighted by Gasteiger charge is 2.41. The van der Waals surface area contributed by atoms with Crippen LogP contribution in [0.25, 0.3) is 0 Å². The lowest BCUT2D eigenvalue weighted by Crippen LogP contribution is -2.45. The van der Waals surface area contributed by atoms with Gasteiger partial charge in [0.05, 0.1) is 24.0 Å². The van der Waals surface area contributed by atoms with E-state index in [1.165, 1.54) is 6.07 Å². The number of anilines is 1. The average molecular weight is 359 g/mol. The van der Waals surface area contributed by atoms with Crippen molar-refractivity contribution < 1.29 is 13.9 Å². The minimum absolute atomic E-state index is 0.0608. The second-order valence-electron chi connectivity index (χ2n) is 7.53. The van der Waals surface area contributed by atoms with E-state index < -0.39 is 5.41 Å². The molecule has 1 saturated heterocycles. The zero-order valence-electron chi connectivity index (χ0n) is 15.4. The molecule has 2 atom stereocenters. The van der Waals surface area contributed by atoms with Gasteiger partial charge >= 0.3 is 0 Å². The number of halogens is 1. The lowest BCUT2D eigenvalue weighted by Gasteiger charge is -2.37. The summed E-state index contributed by atoms with van der Waals surface area (Å²) in [6.07, 6.45) is 3.14.